The van der Waals surface area contributed by atoms with E-state index in [2.05, 4.69) is 39.0 Å². The minimum absolute atomic E-state index is 0.143. The molecule has 6 rings (SSSR count). The Kier molecular flexibility index (Phi) is 6.29. The van der Waals surface area contributed by atoms with Crippen molar-refractivity contribution >= 4 is 28.5 Å². The maximum Gasteiger partial charge on any atom is 0.343 e. The summed E-state index contributed by atoms with van der Waals surface area (Å²) >= 11 is 0. The number of ether oxygens (including phenoxy) is 2. The zero-order valence-corrected chi connectivity index (χ0v) is 21.7. The van der Waals surface area contributed by atoms with E-state index in [4.69, 9.17) is 19.4 Å². The van der Waals surface area contributed by atoms with E-state index >= 15 is 0 Å². The largest absolute Gasteiger partial charge is 0.465 e. The second-order valence-corrected chi connectivity index (χ2v) is 9.72. The lowest BCUT2D eigenvalue weighted by Gasteiger charge is -2.21. The topological polar surface area (TPSA) is 86.8 Å². The molecular formula is C29H30N6O3. The van der Waals surface area contributed by atoms with Crippen molar-refractivity contribution in [1.82, 2.24) is 24.1 Å². The van der Waals surface area contributed by atoms with Crippen LogP contribution in [0.2, 0.25) is 0 Å². The molecule has 1 aliphatic rings. The van der Waals surface area contributed by atoms with E-state index < -0.39 is 5.97 Å². The van der Waals surface area contributed by atoms with Crippen molar-refractivity contribution in [2.45, 2.75) is 38.0 Å². The molecule has 4 aromatic heterocycles. The van der Waals surface area contributed by atoms with Gasteiger partial charge in [-0.1, -0.05) is 30.3 Å². The van der Waals surface area contributed by atoms with Crippen molar-refractivity contribution < 1.29 is 14.3 Å². The van der Waals surface area contributed by atoms with Gasteiger partial charge in [-0.25, -0.2) is 14.8 Å². The van der Waals surface area contributed by atoms with Crippen molar-refractivity contribution in [3.05, 3.63) is 78.2 Å². The summed E-state index contributed by atoms with van der Waals surface area (Å²) in [5.74, 6) is 0.337. The predicted octanol–water partition coefficient (Wildman–Crippen LogP) is 4.91. The molecule has 0 unspecified atom stereocenters. The molecule has 0 amide bonds. The Morgan fingerprint density at radius 3 is 2.74 bits per heavy atom. The Bertz CT molecular complexity index is 1610. The Morgan fingerprint density at radius 1 is 1.11 bits per heavy atom. The van der Waals surface area contributed by atoms with Crippen LogP contribution in [0, 0.1) is 0 Å². The molecule has 0 N–H and O–H groups in total. The molecule has 1 aromatic carbocycles. The average Bonchev–Trinajstić information content (AvgIpc) is 3.69. The van der Waals surface area contributed by atoms with Crippen molar-refractivity contribution in [1.29, 1.82) is 0 Å². The van der Waals surface area contributed by atoms with E-state index in [1.165, 1.54) is 13.3 Å². The zero-order valence-electron chi connectivity index (χ0n) is 21.7. The van der Waals surface area contributed by atoms with Crippen molar-refractivity contribution in [2.24, 2.45) is 0 Å². The number of rotatable bonds is 7. The van der Waals surface area contributed by atoms with Gasteiger partial charge < -0.3 is 18.9 Å². The number of pyridine rings is 1. The lowest BCUT2D eigenvalue weighted by atomic mass is 10.1. The van der Waals surface area contributed by atoms with Gasteiger partial charge in [0.1, 0.15) is 17.0 Å². The van der Waals surface area contributed by atoms with Gasteiger partial charge >= 0.3 is 5.97 Å². The van der Waals surface area contributed by atoms with Gasteiger partial charge in [-0.15, -0.1) is 0 Å². The smallest absolute Gasteiger partial charge is 0.343 e. The van der Waals surface area contributed by atoms with Crippen molar-refractivity contribution in [3.8, 4) is 11.3 Å². The average molecular weight is 511 g/mol. The van der Waals surface area contributed by atoms with Crippen LogP contribution in [0.5, 0.6) is 0 Å². The lowest BCUT2D eigenvalue weighted by molar-refractivity contribution is 0.0602. The first-order valence-corrected chi connectivity index (χ1v) is 12.8. The number of carbonyl (C=O) groups excluding carboxylic acids is 1. The van der Waals surface area contributed by atoms with E-state index in [0.717, 1.165) is 52.9 Å². The van der Waals surface area contributed by atoms with Crippen LogP contribution < -0.4 is 4.90 Å². The fourth-order valence-corrected chi connectivity index (χ4v) is 5.59. The monoisotopic (exact) mass is 510 g/mol. The van der Waals surface area contributed by atoms with Crippen LogP contribution in [-0.2, 0) is 16.0 Å². The Morgan fingerprint density at radius 2 is 1.95 bits per heavy atom. The van der Waals surface area contributed by atoms with Gasteiger partial charge in [0.25, 0.3) is 0 Å². The first-order valence-electron chi connectivity index (χ1n) is 12.8. The minimum Gasteiger partial charge on any atom is -0.465 e. The first kappa shape index (κ1) is 24.1. The van der Waals surface area contributed by atoms with Crippen LogP contribution >= 0.6 is 0 Å². The number of nitrogens with zero attached hydrogens (tertiary/aromatic N) is 6. The number of methoxy groups -OCH3 is 2. The van der Waals surface area contributed by atoms with Crippen LogP contribution in [0.4, 0.5) is 5.82 Å². The van der Waals surface area contributed by atoms with Gasteiger partial charge in [0.15, 0.2) is 5.65 Å². The minimum atomic E-state index is -0.473. The van der Waals surface area contributed by atoms with Crippen LogP contribution in [0.1, 0.15) is 41.2 Å². The predicted molar refractivity (Wildman–Crippen MR) is 145 cm³/mol. The third kappa shape index (κ3) is 4.09. The fraction of sp³-hybridized carbons (Fsp3) is 0.310. The summed E-state index contributed by atoms with van der Waals surface area (Å²) in [5, 5.41) is 5.52. The van der Waals surface area contributed by atoms with E-state index in [1.807, 2.05) is 43.6 Å². The third-order valence-electron chi connectivity index (χ3n) is 7.46. The number of aromatic nitrogens is 5. The maximum atomic E-state index is 12.6. The fourth-order valence-electron chi connectivity index (χ4n) is 5.59. The van der Waals surface area contributed by atoms with Gasteiger partial charge in [-0.2, -0.15) is 9.61 Å². The normalized spacial score (nSPS) is 17.3. The second-order valence-electron chi connectivity index (χ2n) is 9.72. The highest BCUT2D eigenvalue weighted by Crippen LogP contribution is 2.39. The molecule has 1 fully saturated rings. The van der Waals surface area contributed by atoms with Gasteiger partial charge in [-0.3, -0.25) is 0 Å². The third-order valence-corrected chi connectivity index (χ3v) is 7.46. The Labute approximate surface area is 220 Å². The summed E-state index contributed by atoms with van der Waals surface area (Å²) in [6.45, 7) is 0.660. The highest BCUT2D eigenvalue weighted by Gasteiger charge is 2.31. The molecule has 4 heterocycles. The molecule has 5 aromatic rings. The van der Waals surface area contributed by atoms with Crippen molar-refractivity contribution in [3.63, 3.8) is 0 Å². The lowest BCUT2D eigenvalue weighted by Crippen LogP contribution is -2.20. The molecule has 0 radical (unpaired) electrons. The highest BCUT2D eigenvalue weighted by atomic mass is 16.5. The first-order chi connectivity index (χ1) is 18.6. The number of anilines is 1. The molecule has 2 atom stereocenters. The molecule has 0 bridgehead atoms. The standard InChI is InChI=1S/C29H30N6O3/c1-33(17-19-9-5-4-6-10-19)26-15-23(32-28-21(29(36)38-3)16-31-35(26)28)22-18-34(24-12-7-13-25(24)37-2)27-20(22)11-8-14-30-27/h4-6,8-11,14-16,18,24-25H,7,12-13,17H2,1-3H3/t24-,25-/m1/s1. The molecule has 0 saturated heterocycles. The molecule has 9 heteroatoms. The summed E-state index contributed by atoms with van der Waals surface area (Å²) in [7, 11) is 5.16. The molecular weight excluding hydrogens is 480 g/mol. The van der Waals surface area contributed by atoms with E-state index in [9.17, 15) is 4.79 Å². The summed E-state index contributed by atoms with van der Waals surface area (Å²) in [4.78, 5) is 24.4. The van der Waals surface area contributed by atoms with Gasteiger partial charge in [0, 0.05) is 50.1 Å². The van der Waals surface area contributed by atoms with E-state index in [0.29, 0.717) is 17.8 Å². The summed E-state index contributed by atoms with van der Waals surface area (Å²) in [5.41, 5.74) is 4.52. The quantitative estimate of drug-likeness (QED) is 0.288. The molecule has 0 aliphatic heterocycles. The summed E-state index contributed by atoms with van der Waals surface area (Å²) in [6, 6.07) is 16.5. The van der Waals surface area contributed by atoms with E-state index in [-0.39, 0.29) is 12.1 Å². The molecule has 9 nitrogen and oxygen atoms in total. The SMILES string of the molecule is COC(=O)c1cnn2c(N(C)Cc3ccccc3)cc(-c3cn([C@@H]4CCC[C@H]4OC)c4ncccc34)nc12. The van der Waals surface area contributed by atoms with E-state index in [1.54, 1.807) is 11.6 Å². The van der Waals surface area contributed by atoms with Crippen LogP contribution in [0.3, 0.4) is 0 Å². The van der Waals surface area contributed by atoms with Crippen LogP contribution in [0.25, 0.3) is 27.9 Å². The number of benzene rings is 1. The number of esters is 1. The molecule has 38 heavy (non-hydrogen) atoms. The number of carbonyl (C=O) groups is 1. The molecule has 1 saturated carbocycles. The Balaban J connectivity index is 1.54. The molecule has 1 aliphatic carbocycles. The molecule has 0 spiro atoms. The van der Waals surface area contributed by atoms with Gasteiger partial charge in [0.05, 0.1) is 31.1 Å². The number of fused-ring (bicyclic) bond motifs is 2. The number of hydrogen-bond donors (Lipinski definition) is 0. The number of hydrogen-bond acceptors (Lipinski definition) is 7. The van der Waals surface area contributed by atoms with Gasteiger partial charge in [0.2, 0.25) is 0 Å². The second kappa shape index (κ2) is 9.90. The van der Waals surface area contributed by atoms with Gasteiger partial charge in [-0.05, 0) is 37.0 Å². The maximum absolute atomic E-state index is 12.6. The Hall–Kier alpha value is -4.24. The molecule has 194 valence electrons. The van der Waals surface area contributed by atoms with Crippen LogP contribution in [0.15, 0.2) is 67.1 Å². The van der Waals surface area contributed by atoms with Crippen LogP contribution in [-0.4, -0.2) is 57.5 Å². The van der Waals surface area contributed by atoms with Crippen molar-refractivity contribution in [2.75, 3.05) is 26.2 Å². The zero-order chi connectivity index (χ0) is 26.2. The summed E-state index contributed by atoms with van der Waals surface area (Å²) in [6.07, 6.45) is 8.79. The summed E-state index contributed by atoms with van der Waals surface area (Å²) < 4.78 is 14.8. The highest BCUT2D eigenvalue weighted by molar-refractivity contribution is 5.98.